The van der Waals surface area contributed by atoms with Gasteiger partial charge in [0, 0.05) is 30.5 Å². The number of aliphatic carboxylic acids is 1. The second kappa shape index (κ2) is 12.1. The molecule has 0 saturated heterocycles. The molecule has 0 fully saturated rings. The Morgan fingerprint density at radius 3 is 2.36 bits per heavy atom. The number of rotatable bonds is 13. The third-order valence-electron chi connectivity index (χ3n) is 3.75. The van der Waals surface area contributed by atoms with Crippen molar-refractivity contribution in [3.63, 3.8) is 0 Å². The molecule has 5 heteroatoms. The minimum atomic E-state index is -0.891. The van der Waals surface area contributed by atoms with E-state index in [1.165, 1.54) is 0 Å². The highest BCUT2D eigenvalue weighted by Gasteiger charge is 2.11. The lowest BCUT2D eigenvalue weighted by Gasteiger charge is -2.20. The van der Waals surface area contributed by atoms with Crippen LogP contribution in [0.4, 0.5) is 0 Å². The summed E-state index contributed by atoms with van der Waals surface area (Å²) in [5.41, 5.74) is 0.352. The van der Waals surface area contributed by atoms with Crippen LogP contribution in [-0.2, 0) is 14.4 Å². The normalized spacial score (nSPS) is 14.6. The topological polar surface area (TPSA) is 74.7 Å². The summed E-state index contributed by atoms with van der Waals surface area (Å²) in [5.74, 6) is -0.791. The van der Waals surface area contributed by atoms with Crippen LogP contribution in [0.25, 0.3) is 0 Å². The van der Waals surface area contributed by atoms with Crippen LogP contribution < -0.4 is 0 Å². The van der Waals surface area contributed by atoms with Gasteiger partial charge in [0.1, 0.15) is 12.6 Å². The monoisotopic (exact) mass is 311 g/mol. The second-order valence-electron chi connectivity index (χ2n) is 6.04. The molecule has 22 heavy (non-hydrogen) atoms. The fraction of sp³-hybridized carbons (Fsp3) is 0.706. The van der Waals surface area contributed by atoms with Gasteiger partial charge in [-0.05, 0) is 33.2 Å². The molecule has 0 saturated carbocycles. The van der Waals surface area contributed by atoms with E-state index in [9.17, 15) is 14.4 Å². The molecule has 0 heterocycles. The fourth-order valence-electron chi connectivity index (χ4n) is 2.22. The molecular formula is C17H29NO4. The zero-order chi connectivity index (χ0) is 17.0. The van der Waals surface area contributed by atoms with Crippen LogP contribution in [0.15, 0.2) is 11.6 Å². The SMILES string of the molecule is CC(=CCCN(C)CC(C=O)CCCCC(C)C=O)C(=O)O. The van der Waals surface area contributed by atoms with Crippen LogP contribution in [-0.4, -0.2) is 48.7 Å². The molecule has 0 aliphatic carbocycles. The maximum absolute atomic E-state index is 11.1. The van der Waals surface area contributed by atoms with E-state index in [0.29, 0.717) is 18.5 Å². The maximum Gasteiger partial charge on any atom is 0.330 e. The van der Waals surface area contributed by atoms with E-state index < -0.39 is 5.97 Å². The van der Waals surface area contributed by atoms with Crippen LogP contribution in [0.2, 0.25) is 0 Å². The number of carboxylic acids is 1. The van der Waals surface area contributed by atoms with Gasteiger partial charge in [-0.15, -0.1) is 0 Å². The summed E-state index contributed by atoms with van der Waals surface area (Å²) in [6.45, 7) is 4.91. The average molecular weight is 311 g/mol. The van der Waals surface area contributed by atoms with E-state index in [0.717, 1.165) is 44.8 Å². The van der Waals surface area contributed by atoms with Crippen molar-refractivity contribution in [1.29, 1.82) is 0 Å². The van der Waals surface area contributed by atoms with Crippen molar-refractivity contribution in [2.24, 2.45) is 11.8 Å². The fourth-order valence-corrected chi connectivity index (χ4v) is 2.22. The molecule has 5 nitrogen and oxygen atoms in total. The Morgan fingerprint density at radius 1 is 1.18 bits per heavy atom. The summed E-state index contributed by atoms with van der Waals surface area (Å²) in [4.78, 5) is 34.4. The van der Waals surface area contributed by atoms with Gasteiger partial charge in [0.2, 0.25) is 0 Å². The Kier molecular flexibility index (Phi) is 11.3. The number of hydrogen-bond donors (Lipinski definition) is 1. The molecule has 0 radical (unpaired) electrons. The van der Waals surface area contributed by atoms with Gasteiger partial charge in [0.05, 0.1) is 0 Å². The summed E-state index contributed by atoms with van der Waals surface area (Å²) in [7, 11) is 1.94. The van der Waals surface area contributed by atoms with Gasteiger partial charge in [-0.1, -0.05) is 25.8 Å². The molecule has 1 N–H and O–H groups in total. The smallest absolute Gasteiger partial charge is 0.330 e. The predicted octanol–water partition coefficient (Wildman–Crippen LogP) is 2.55. The van der Waals surface area contributed by atoms with Gasteiger partial charge in [-0.2, -0.15) is 0 Å². The highest BCUT2D eigenvalue weighted by atomic mass is 16.4. The summed E-state index contributed by atoms with van der Waals surface area (Å²) in [5, 5.41) is 8.76. The molecule has 126 valence electrons. The van der Waals surface area contributed by atoms with E-state index >= 15 is 0 Å². The first-order chi connectivity index (χ1) is 10.4. The van der Waals surface area contributed by atoms with Crippen molar-refractivity contribution in [2.75, 3.05) is 20.1 Å². The van der Waals surface area contributed by atoms with E-state index in [-0.39, 0.29) is 11.8 Å². The molecule has 0 amide bonds. The van der Waals surface area contributed by atoms with Gasteiger partial charge in [0.15, 0.2) is 0 Å². The number of hydrogen-bond acceptors (Lipinski definition) is 4. The van der Waals surface area contributed by atoms with Crippen LogP contribution in [0.3, 0.4) is 0 Å². The molecule has 0 aliphatic rings. The van der Waals surface area contributed by atoms with Gasteiger partial charge in [-0.3, -0.25) is 0 Å². The lowest BCUT2D eigenvalue weighted by molar-refractivity contribution is -0.132. The van der Waals surface area contributed by atoms with Gasteiger partial charge >= 0.3 is 5.97 Å². The zero-order valence-electron chi connectivity index (χ0n) is 14.0. The lowest BCUT2D eigenvalue weighted by atomic mass is 9.99. The first-order valence-electron chi connectivity index (χ1n) is 7.89. The number of carbonyl (C=O) groups excluding carboxylic acids is 2. The first kappa shape index (κ1) is 20.5. The molecule has 0 aromatic carbocycles. The Hall–Kier alpha value is -1.49. The Morgan fingerprint density at radius 2 is 1.82 bits per heavy atom. The number of nitrogens with zero attached hydrogens (tertiary/aromatic N) is 1. The second-order valence-corrected chi connectivity index (χ2v) is 6.04. The van der Waals surface area contributed by atoms with Gasteiger partial charge < -0.3 is 19.6 Å². The molecule has 2 unspecified atom stereocenters. The highest BCUT2D eigenvalue weighted by Crippen LogP contribution is 2.12. The third kappa shape index (κ3) is 10.3. The number of carbonyl (C=O) groups is 3. The average Bonchev–Trinajstić information content (AvgIpc) is 2.49. The van der Waals surface area contributed by atoms with Crippen LogP contribution >= 0.6 is 0 Å². The Balaban J connectivity index is 3.95. The van der Waals surface area contributed by atoms with Crippen LogP contribution in [0, 0.1) is 11.8 Å². The van der Waals surface area contributed by atoms with E-state index in [2.05, 4.69) is 4.90 Å². The van der Waals surface area contributed by atoms with Crippen molar-refractivity contribution in [3.8, 4) is 0 Å². The minimum Gasteiger partial charge on any atom is -0.478 e. The summed E-state index contributed by atoms with van der Waals surface area (Å²) < 4.78 is 0. The quantitative estimate of drug-likeness (QED) is 0.321. The summed E-state index contributed by atoms with van der Waals surface area (Å²) >= 11 is 0. The molecule has 0 rings (SSSR count). The van der Waals surface area contributed by atoms with Crippen molar-refractivity contribution in [3.05, 3.63) is 11.6 Å². The van der Waals surface area contributed by atoms with E-state index in [1.54, 1.807) is 13.0 Å². The van der Waals surface area contributed by atoms with Crippen molar-refractivity contribution >= 4 is 18.5 Å². The molecule has 0 aliphatic heterocycles. The lowest BCUT2D eigenvalue weighted by Crippen LogP contribution is -2.27. The molecule has 0 aromatic heterocycles. The predicted molar refractivity (Wildman–Crippen MR) is 86.8 cm³/mol. The zero-order valence-corrected chi connectivity index (χ0v) is 14.0. The largest absolute Gasteiger partial charge is 0.478 e. The van der Waals surface area contributed by atoms with Gasteiger partial charge in [0.25, 0.3) is 0 Å². The highest BCUT2D eigenvalue weighted by molar-refractivity contribution is 5.85. The number of carboxylic acid groups (broad SMARTS) is 1. The molecule has 0 aromatic rings. The van der Waals surface area contributed by atoms with Crippen LogP contribution in [0.5, 0.6) is 0 Å². The molecule has 2 atom stereocenters. The van der Waals surface area contributed by atoms with Crippen LogP contribution in [0.1, 0.15) is 46.0 Å². The molecular weight excluding hydrogens is 282 g/mol. The third-order valence-corrected chi connectivity index (χ3v) is 3.75. The summed E-state index contributed by atoms with van der Waals surface area (Å²) in [6, 6.07) is 0. The van der Waals surface area contributed by atoms with E-state index in [4.69, 9.17) is 5.11 Å². The molecule has 0 spiro atoms. The first-order valence-corrected chi connectivity index (χ1v) is 7.89. The Bertz CT molecular complexity index is 379. The Labute approximate surface area is 133 Å². The van der Waals surface area contributed by atoms with Crippen molar-refractivity contribution in [2.45, 2.75) is 46.0 Å². The number of unbranched alkanes of at least 4 members (excludes halogenated alkanes) is 1. The molecule has 0 bridgehead atoms. The summed E-state index contributed by atoms with van der Waals surface area (Å²) in [6.07, 6.45) is 7.97. The minimum absolute atomic E-state index is 0.00101. The maximum atomic E-state index is 11.1. The van der Waals surface area contributed by atoms with Gasteiger partial charge in [-0.25, -0.2) is 4.79 Å². The van der Waals surface area contributed by atoms with Crippen molar-refractivity contribution < 1.29 is 19.5 Å². The number of aldehydes is 2. The van der Waals surface area contributed by atoms with Crippen molar-refractivity contribution in [1.82, 2.24) is 4.90 Å². The standard InChI is InChI=1S/C17H29NO4/c1-14(12-19)7-4-5-9-16(13-20)11-18(3)10-6-8-15(2)17(21)22/h8,12-14,16H,4-7,9-11H2,1-3H3,(H,21,22). The van der Waals surface area contributed by atoms with E-state index in [1.807, 2.05) is 14.0 Å².